The minimum absolute atomic E-state index is 0.351. The first kappa shape index (κ1) is 19.3. The highest BCUT2D eigenvalue weighted by atomic mass is 79.9. The summed E-state index contributed by atoms with van der Waals surface area (Å²) in [6.07, 6.45) is 0.623. The zero-order chi connectivity index (χ0) is 18.7. The van der Waals surface area contributed by atoms with Crippen molar-refractivity contribution in [3.63, 3.8) is 0 Å². The highest BCUT2D eigenvalue weighted by Gasteiger charge is 2.29. The quantitative estimate of drug-likeness (QED) is 0.783. The second-order valence-electron chi connectivity index (χ2n) is 5.43. The molecule has 1 N–H and O–H groups in total. The van der Waals surface area contributed by atoms with Gasteiger partial charge in [-0.1, -0.05) is 0 Å². The molecule has 0 aliphatic heterocycles. The van der Waals surface area contributed by atoms with Crippen LogP contribution in [0.1, 0.15) is 28.4 Å². The van der Waals surface area contributed by atoms with Crippen LogP contribution in [-0.2, 0) is 0 Å². The van der Waals surface area contributed by atoms with Crippen LogP contribution in [0, 0.1) is 13.8 Å². The number of nitrogens with zero attached hydrogens (tertiary/aromatic N) is 1. The number of methoxy groups -OCH3 is 4. The lowest BCUT2D eigenvalue weighted by molar-refractivity contribution is 0.204. The molecule has 0 amide bonds. The maximum absolute atomic E-state index is 11.2. The van der Waals surface area contributed by atoms with Gasteiger partial charge in [0.15, 0.2) is 11.5 Å². The van der Waals surface area contributed by atoms with E-state index in [1.54, 1.807) is 19.4 Å². The Labute approximate surface area is 155 Å². The lowest BCUT2D eigenvalue weighted by Gasteiger charge is -2.23. The van der Waals surface area contributed by atoms with Crippen molar-refractivity contribution in [1.82, 2.24) is 4.98 Å². The largest absolute Gasteiger partial charge is 0.493 e. The first-order chi connectivity index (χ1) is 11.9. The average molecular weight is 412 g/mol. The molecule has 1 aromatic carbocycles. The third kappa shape index (κ3) is 3.39. The summed E-state index contributed by atoms with van der Waals surface area (Å²) in [6, 6.07) is 1.80. The van der Waals surface area contributed by atoms with E-state index in [0.29, 0.717) is 34.3 Å². The third-order valence-electron chi connectivity index (χ3n) is 4.10. The van der Waals surface area contributed by atoms with Gasteiger partial charge >= 0.3 is 0 Å². The Bertz CT molecular complexity index is 779. The fraction of sp³-hybridized carbons (Fsp3) is 0.389. The maximum atomic E-state index is 11.2. The van der Waals surface area contributed by atoms with Gasteiger partial charge in [-0.3, -0.25) is 0 Å². The standard InChI is InChI=1S/C18H22BrNO5/c1-9-7-12(22-3)16(23-4)17(24-5)13(9)15(21)14-10(2)11(19)8-20-18(14)25-6/h7-8,15,21H,1-6H3. The number of aliphatic hydroxyl groups excluding tert-OH is 1. The summed E-state index contributed by atoms with van der Waals surface area (Å²) >= 11 is 3.45. The van der Waals surface area contributed by atoms with Crippen molar-refractivity contribution >= 4 is 15.9 Å². The van der Waals surface area contributed by atoms with Crippen molar-refractivity contribution in [2.75, 3.05) is 28.4 Å². The van der Waals surface area contributed by atoms with Crippen molar-refractivity contribution in [3.05, 3.63) is 39.0 Å². The molecule has 1 unspecified atom stereocenters. The van der Waals surface area contributed by atoms with Crippen LogP contribution in [-0.4, -0.2) is 38.5 Å². The molecule has 0 bridgehead atoms. The van der Waals surface area contributed by atoms with E-state index in [2.05, 4.69) is 20.9 Å². The van der Waals surface area contributed by atoms with E-state index in [1.165, 1.54) is 21.3 Å². The van der Waals surface area contributed by atoms with Gasteiger partial charge in [-0.25, -0.2) is 4.98 Å². The van der Waals surface area contributed by atoms with Gasteiger partial charge in [-0.05, 0) is 47.0 Å². The summed E-state index contributed by atoms with van der Waals surface area (Å²) in [7, 11) is 6.12. The van der Waals surface area contributed by atoms with E-state index in [-0.39, 0.29) is 0 Å². The molecule has 0 saturated carbocycles. The lowest BCUT2D eigenvalue weighted by atomic mass is 9.93. The lowest BCUT2D eigenvalue weighted by Crippen LogP contribution is -2.11. The zero-order valence-electron chi connectivity index (χ0n) is 15.1. The molecule has 2 rings (SSSR count). The monoisotopic (exact) mass is 411 g/mol. The Kier molecular flexibility index (Phi) is 6.13. The van der Waals surface area contributed by atoms with Crippen molar-refractivity contribution < 1.29 is 24.1 Å². The molecule has 2 aromatic rings. The van der Waals surface area contributed by atoms with E-state index in [0.717, 1.165) is 15.6 Å². The van der Waals surface area contributed by atoms with Gasteiger partial charge in [0.25, 0.3) is 0 Å². The Morgan fingerprint density at radius 2 is 1.60 bits per heavy atom. The predicted molar refractivity (Wildman–Crippen MR) is 98.1 cm³/mol. The molecule has 1 atom stereocenters. The van der Waals surface area contributed by atoms with Gasteiger partial charge in [0.05, 0.1) is 34.0 Å². The fourth-order valence-electron chi connectivity index (χ4n) is 2.84. The minimum atomic E-state index is -1.02. The number of benzene rings is 1. The highest BCUT2D eigenvalue weighted by Crippen LogP contribution is 2.47. The Morgan fingerprint density at radius 1 is 0.960 bits per heavy atom. The van der Waals surface area contributed by atoms with E-state index < -0.39 is 6.10 Å². The van der Waals surface area contributed by atoms with Gasteiger partial charge in [-0.15, -0.1) is 0 Å². The van der Waals surface area contributed by atoms with Gasteiger partial charge < -0.3 is 24.1 Å². The van der Waals surface area contributed by atoms with E-state index in [9.17, 15) is 5.11 Å². The number of rotatable bonds is 6. The van der Waals surface area contributed by atoms with Gasteiger partial charge in [0.2, 0.25) is 11.6 Å². The predicted octanol–water partition coefficient (Wildman–Crippen LogP) is 3.58. The first-order valence-electron chi connectivity index (χ1n) is 7.57. The van der Waals surface area contributed by atoms with E-state index in [1.807, 2.05) is 13.8 Å². The van der Waals surface area contributed by atoms with Gasteiger partial charge in [0, 0.05) is 16.2 Å². The molecule has 1 aromatic heterocycles. The SMILES string of the molecule is COc1cc(C)c(C(O)c2c(OC)ncc(Br)c2C)c(OC)c1OC. The molecular formula is C18H22BrNO5. The van der Waals surface area contributed by atoms with Crippen molar-refractivity contribution in [1.29, 1.82) is 0 Å². The second kappa shape index (κ2) is 7.93. The van der Waals surface area contributed by atoms with Crippen LogP contribution >= 0.6 is 15.9 Å². The summed E-state index contributed by atoms with van der Waals surface area (Å²) in [4.78, 5) is 4.24. The Balaban J connectivity index is 2.77. The Hall–Kier alpha value is -1.99. The van der Waals surface area contributed by atoms with Crippen LogP contribution in [0.25, 0.3) is 0 Å². The molecular weight excluding hydrogens is 390 g/mol. The molecule has 6 nitrogen and oxygen atoms in total. The number of ether oxygens (including phenoxy) is 4. The zero-order valence-corrected chi connectivity index (χ0v) is 16.7. The van der Waals surface area contributed by atoms with Gasteiger partial charge in [0.1, 0.15) is 6.10 Å². The number of hydrogen-bond acceptors (Lipinski definition) is 6. The van der Waals surface area contributed by atoms with Crippen LogP contribution in [0.5, 0.6) is 23.1 Å². The number of halogens is 1. The molecule has 1 heterocycles. The topological polar surface area (TPSA) is 70.0 Å². The molecule has 0 spiro atoms. The molecule has 0 saturated heterocycles. The van der Waals surface area contributed by atoms with Crippen molar-refractivity contribution in [3.8, 4) is 23.1 Å². The summed E-state index contributed by atoms with van der Waals surface area (Å²) < 4.78 is 22.5. The number of aliphatic hydroxyl groups is 1. The second-order valence-corrected chi connectivity index (χ2v) is 6.29. The van der Waals surface area contributed by atoms with E-state index in [4.69, 9.17) is 18.9 Å². The normalized spacial score (nSPS) is 11.8. The van der Waals surface area contributed by atoms with Crippen LogP contribution in [0.3, 0.4) is 0 Å². The summed E-state index contributed by atoms with van der Waals surface area (Å²) in [5.74, 6) is 1.71. The molecule has 7 heteroatoms. The molecule has 0 fully saturated rings. The van der Waals surface area contributed by atoms with Crippen LogP contribution < -0.4 is 18.9 Å². The van der Waals surface area contributed by atoms with Crippen LogP contribution in [0.2, 0.25) is 0 Å². The maximum Gasteiger partial charge on any atom is 0.219 e. The van der Waals surface area contributed by atoms with E-state index >= 15 is 0 Å². The fourth-order valence-corrected chi connectivity index (χ4v) is 3.16. The van der Waals surface area contributed by atoms with Gasteiger partial charge in [-0.2, -0.15) is 0 Å². The summed E-state index contributed by atoms with van der Waals surface area (Å²) in [6.45, 7) is 3.76. The van der Waals surface area contributed by atoms with Crippen LogP contribution in [0.15, 0.2) is 16.7 Å². The third-order valence-corrected chi connectivity index (χ3v) is 4.90. The molecule has 25 heavy (non-hydrogen) atoms. The van der Waals surface area contributed by atoms with Crippen molar-refractivity contribution in [2.24, 2.45) is 0 Å². The number of aryl methyl sites for hydroxylation is 1. The number of pyridine rings is 1. The number of hydrogen-bond donors (Lipinski definition) is 1. The van der Waals surface area contributed by atoms with Crippen LogP contribution in [0.4, 0.5) is 0 Å². The minimum Gasteiger partial charge on any atom is -0.493 e. The van der Waals surface area contributed by atoms with Crippen molar-refractivity contribution in [2.45, 2.75) is 20.0 Å². The molecule has 0 aliphatic carbocycles. The summed E-state index contributed by atoms with van der Waals surface area (Å²) in [5, 5.41) is 11.2. The average Bonchev–Trinajstić information content (AvgIpc) is 2.61. The molecule has 0 aliphatic rings. The molecule has 136 valence electrons. The Morgan fingerprint density at radius 3 is 2.12 bits per heavy atom. The number of aromatic nitrogens is 1. The molecule has 0 radical (unpaired) electrons. The smallest absolute Gasteiger partial charge is 0.219 e. The summed E-state index contributed by atoms with van der Waals surface area (Å²) in [5.41, 5.74) is 2.76. The highest BCUT2D eigenvalue weighted by molar-refractivity contribution is 9.10. The first-order valence-corrected chi connectivity index (χ1v) is 8.36.